The third kappa shape index (κ3) is 5.37. The number of methoxy groups -OCH3 is 1. The second-order valence-corrected chi connectivity index (χ2v) is 3.43. The van der Waals surface area contributed by atoms with E-state index in [-0.39, 0.29) is 5.91 Å². The first-order valence-corrected chi connectivity index (χ1v) is 5.07. The Hall–Kier alpha value is -1.10. The highest BCUT2D eigenvalue weighted by Crippen LogP contribution is 2.00. The Morgan fingerprint density at radius 1 is 1.47 bits per heavy atom. The lowest BCUT2D eigenvalue weighted by molar-refractivity contribution is -0.145. The number of carboxylic acids is 1. The van der Waals surface area contributed by atoms with Crippen molar-refractivity contribution in [3.05, 3.63) is 0 Å². The summed E-state index contributed by atoms with van der Waals surface area (Å²) in [7, 11) is 1.42. The second-order valence-electron chi connectivity index (χ2n) is 3.43. The summed E-state index contributed by atoms with van der Waals surface area (Å²) >= 11 is 0. The zero-order valence-corrected chi connectivity index (χ0v) is 9.45. The van der Waals surface area contributed by atoms with Gasteiger partial charge in [-0.3, -0.25) is 4.79 Å². The van der Waals surface area contributed by atoms with Crippen LogP contribution in [-0.4, -0.2) is 36.2 Å². The Balaban J connectivity index is 4.16. The standard InChI is InChI=1S/C10H19NO4/c1-4-5-6-8(12)11-9(10(13)14)7(2)15-3/h7,9H,4-6H2,1-3H3,(H,11,12)(H,13,14)/t7-,9+/m1/s1. The summed E-state index contributed by atoms with van der Waals surface area (Å²) in [5.41, 5.74) is 0. The van der Waals surface area contributed by atoms with E-state index in [1.807, 2.05) is 6.92 Å². The minimum absolute atomic E-state index is 0.242. The van der Waals surface area contributed by atoms with Crippen LogP contribution in [0.2, 0.25) is 0 Å². The average Bonchev–Trinajstić information content (AvgIpc) is 2.21. The Bertz CT molecular complexity index is 217. The largest absolute Gasteiger partial charge is 0.480 e. The van der Waals surface area contributed by atoms with Crippen molar-refractivity contribution < 1.29 is 19.4 Å². The molecule has 5 nitrogen and oxygen atoms in total. The lowest BCUT2D eigenvalue weighted by Crippen LogP contribution is -2.48. The summed E-state index contributed by atoms with van der Waals surface area (Å²) in [6, 6.07) is -0.973. The highest BCUT2D eigenvalue weighted by atomic mass is 16.5. The molecular formula is C10H19NO4. The van der Waals surface area contributed by atoms with Crippen LogP contribution in [0.5, 0.6) is 0 Å². The van der Waals surface area contributed by atoms with Crippen molar-refractivity contribution in [3.63, 3.8) is 0 Å². The molecule has 1 amide bonds. The van der Waals surface area contributed by atoms with Crippen molar-refractivity contribution in [2.45, 2.75) is 45.3 Å². The second kappa shape index (κ2) is 7.23. The molecular weight excluding hydrogens is 198 g/mol. The molecule has 0 aromatic carbocycles. The van der Waals surface area contributed by atoms with Crippen molar-refractivity contribution >= 4 is 11.9 Å². The predicted octanol–water partition coefficient (Wildman–Crippen LogP) is 0.781. The first-order valence-electron chi connectivity index (χ1n) is 5.07. The number of carboxylic acid groups (broad SMARTS) is 1. The molecule has 0 aromatic rings. The van der Waals surface area contributed by atoms with Gasteiger partial charge in [0, 0.05) is 13.5 Å². The molecule has 2 atom stereocenters. The summed E-state index contributed by atoms with van der Waals surface area (Å²) in [5, 5.41) is 11.3. The monoisotopic (exact) mass is 217 g/mol. The van der Waals surface area contributed by atoms with Crippen molar-refractivity contribution in [3.8, 4) is 0 Å². The number of hydrogen-bond acceptors (Lipinski definition) is 3. The summed E-state index contributed by atoms with van der Waals surface area (Å²) < 4.78 is 4.88. The van der Waals surface area contributed by atoms with Gasteiger partial charge in [-0.15, -0.1) is 0 Å². The molecule has 0 unspecified atom stereocenters. The Morgan fingerprint density at radius 3 is 2.47 bits per heavy atom. The van der Waals surface area contributed by atoms with E-state index in [2.05, 4.69) is 5.32 Å². The normalized spacial score (nSPS) is 14.3. The lowest BCUT2D eigenvalue weighted by atomic mass is 10.1. The topological polar surface area (TPSA) is 75.6 Å². The Kier molecular flexibility index (Phi) is 6.70. The van der Waals surface area contributed by atoms with Gasteiger partial charge in [-0.2, -0.15) is 0 Å². The molecule has 0 rings (SSSR count). The van der Waals surface area contributed by atoms with Gasteiger partial charge in [-0.1, -0.05) is 13.3 Å². The minimum atomic E-state index is -1.07. The maximum absolute atomic E-state index is 11.3. The van der Waals surface area contributed by atoms with Crippen molar-refractivity contribution in [1.82, 2.24) is 5.32 Å². The summed E-state index contributed by atoms with van der Waals surface area (Å²) in [4.78, 5) is 22.1. The minimum Gasteiger partial charge on any atom is -0.480 e. The number of unbranched alkanes of at least 4 members (excludes halogenated alkanes) is 1. The number of carbonyl (C=O) groups is 2. The summed E-state index contributed by atoms with van der Waals surface area (Å²) in [5.74, 6) is -1.32. The van der Waals surface area contributed by atoms with Gasteiger partial charge in [0.1, 0.15) is 0 Å². The summed E-state index contributed by atoms with van der Waals surface area (Å²) in [6.07, 6.45) is 1.49. The van der Waals surface area contributed by atoms with E-state index >= 15 is 0 Å². The molecule has 0 aromatic heterocycles. The molecule has 0 aliphatic heterocycles. The first kappa shape index (κ1) is 13.9. The van der Waals surface area contributed by atoms with Crippen LogP contribution in [0, 0.1) is 0 Å². The van der Waals surface area contributed by atoms with Crippen LogP contribution in [0.4, 0.5) is 0 Å². The predicted molar refractivity (Wildman–Crippen MR) is 55.6 cm³/mol. The van der Waals surface area contributed by atoms with E-state index in [1.54, 1.807) is 6.92 Å². The molecule has 88 valence electrons. The third-order valence-electron chi connectivity index (χ3n) is 2.18. The summed E-state index contributed by atoms with van der Waals surface area (Å²) in [6.45, 7) is 3.58. The van der Waals surface area contributed by atoms with Gasteiger partial charge >= 0.3 is 5.97 Å². The fourth-order valence-electron chi connectivity index (χ4n) is 1.10. The molecule has 15 heavy (non-hydrogen) atoms. The maximum atomic E-state index is 11.3. The van der Waals surface area contributed by atoms with Gasteiger partial charge in [0.15, 0.2) is 6.04 Å². The molecule has 0 aliphatic rings. The van der Waals surface area contributed by atoms with Gasteiger partial charge in [-0.05, 0) is 13.3 Å². The number of aliphatic carboxylic acids is 1. The number of amides is 1. The molecule has 0 aliphatic carbocycles. The molecule has 0 saturated carbocycles. The maximum Gasteiger partial charge on any atom is 0.328 e. The fraction of sp³-hybridized carbons (Fsp3) is 0.800. The number of rotatable bonds is 7. The van der Waals surface area contributed by atoms with Crippen LogP contribution >= 0.6 is 0 Å². The van der Waals surface area contributed by atoms with Crippen LogP contribution in [0.1, 0.15) is 33.1 Å². The molecule has 0 bridgehead atoms. The average molecular weight is 217 g/mol. The van der Waals surface area contributed by atoms with Crippen LogP contribution < -0.4 is 5.32 Å². The number of nitrogens with one attached hydrogen (secondary N) is 1. The van der Waals surface area contributed by atoms with E-state index in [9.17, 15) is 9.59 Å². The van der Waals surface area contributed by atoms with Crippen molar-refractivity contribution in [2.75, 3.05) is 7.11 Å². The molecule has 0 heterocycles. The molecule has 2 N–H and O–H groups in total. The molecule has 0 saturated heterocycles. The van der Waals surface area contributed by atoms with Gasteiger partial charge in [0.2, 0.25) is 5.91 Å². The SMILES string of the molecule is CCCCC(=O)N[C@H](C(=O)O)[C@@H](C)OC. The van der Waals surface area contributed by atoms with E-state index in [0.29, 0.717) is 6.42 Å². The Labute approximate surface area is 89.8 Å². The molecule has 5 heteroatoms. The van der Waals surface area contributed by atoms with Crippen molar-refractivity contribution in [1.29, 1.82) is 0 Å². The number of hydrogen-bond donors (Lipinski definition) is 2. The van der Waals surface area contributed by atoms with Crippen LogP contribution in [0.15, 0.2) is 0 Å². The van der Waals surface area contributed by atoms with E-state index in [4.69, 9.17) is 9.84 Å². The third-order valence-corrected chi connectivity index (χ3v) is 2.18. The molecule has 0 spiro atoms. The van der Waals surface area contributed by atoms with E-state index < -0.39 is 18.1 Å². The quantitative estimate of drug-likeness (QED) is 0.660. The van der Waals surface area contributed by atoms with Crippen LogP contribution in [0.3, 0.4) is 0 Å². The molecule has 0 radical (unpaired) electrons. The smallest absolute Gasteiger partial charge is 0.328 e. The van der Waals surface area contributed by atoms with Crippen LogP contribution in [0.25, 0.3) is 0 Å². The van der Waals surface area contributed by atoms with E-state index in [0.717, 1.165) is 12.8 Å². The fourth-order valence-corrected chi connectivity index (χ4v) is 1.10. The van der Waals surface area contributed by atoms with Gasteiger partial charge in [-0.25, -0.2) is 4.79 Å². The van der Waals surface area contributed by atoms with Crippen LogP contribution in [-0.2, 0) is 14.3 Å². The number of ether oxygens (including phenoxy) is 1. The highest BCUT2D eigenvalue weighted by molar-refractivity contribution is 5.83. The van der Waals surface area contributed by atoms with E-state index in [1.165, 1.54) is 7.11 Å². The van der Waals surface area contributed by atoms with Crippen molar-refractivity contribution in [2.24, 2.45) is 0 Å². The van der Waals surface area contributed by atoms with Gasteiger partial charge in [0.25, 0.3) is 0 Å². The first-order chi connectivity index (χ1) is 7.02. The molecule has 0 fully saturated rings. The zero-order valence-electron chi connectivity index (χ0n) is 9.45. The highest BCUT2D eigenvalue weighted by Gasteiger charge is 2.25. The Morgan fingerprint density at radius 2 is 2.07 bits per heavy atom. The zero-order chi connectivity index (χ0) is 11.8. The van der Waals surface area contributed by atoms with Gasteiger partial charge < -0.3 is 15.2 Å². The number of carbonyl (C=O) groups excluding carboxylic acids is 1. The van der Waals surface area contributed by atoms with Gasteiger partial charge in [0.05, 0.1) is 6.10 Å². The lowest BCUT2D eigenvalue weighted by Gasteiger charge is -2.19.